The van der Waals surface area contributed by atoms with E-state index in [0.717, 1.165) is 62.0 Å². The third-order valence-electron chi connectivity index (χ3n) is 5.04. The maximum atomic E-state index is 13.3. The third-order valence-corrected chi connectivity index (χ3v) is 5.40. The predicted octanol–water partition coefficient (Wildman–Crippen LogP) is 3.67. The monoisotopic (exact) mass is 417 g/mol. The van der Waals surface area contributed by atoms with Gasteiger partial charge >= 0.3 is 0 Å². The van der Waals surface area contributed by atoms with Crippen LogP contribution >= 0.6 is 12.2 Å². The van der Waals surface area contributed by atoms with Crippen molar-refractivity contribution >= 4 is 23.0 Å². The molecule has 5 nitrogen and oxygen atoms in total. The Kier molecular flexibility index (Phi) is 7.80. The molecule has 156 valence electrons. The summed E-state index contributed by atoms with van der Waals surface area (Å²) in [6.07, 6.45) is 0. The minimum atomic E-state index is -0.233. The summed E-state index contributed by atoms with van der Waals surface area (Å²) in [5.74, 6) is 0.581. The van der Waals surface area contributed by atoms with Gasteiger partial charge in [0, 0.05) is 38.4 Å². The third kappa shape index (κ3) is 6.39. The number of morpholine rings is 1. The van der Waals surface area contributed by atoms with Crippen LogP contribution in [-0.2, 0) is 11.3 Å². The molecule has 1 saturated heterocycles. The first-order chi connectivity index (χ1) is 14.0. The molecule has 0 unspecified atom stereocenters. The number of benzene rings is 2. The minimum absolute atomic E-state index is 0.233. The topological polar surface area (TPSA) is 37.0 Å². The zero-order valence-corrected chi connectivity index (χ0v) is 17.8. The Hall–Kier alpha value is -2.22. The van der Waals surface area contributed by atoms with Gasteiger partial charge in [-0.3, -0.25) is 4.90 Å². The molecule has 7 heteroatoms. The van der Waals surface area contributed by atoms with Gasteiger partial charge in [0.1, 0.15) is 11.6 Å². The van der Waals surface area contributed by atoms with E-state index in [0.29, 0.717) is 11.7 Å². The number of rotatable bonds is 7. The number of thiocarbonyl (C=S) groups is 1. The predicted molar refractivity (Wildman–Crippen MR) is 118 cm³/mol. The molecule has 0 atom stereocenters. The average molecular weight is 418 g/mol. The summed E-state index contributed by atoms with van der Waals surface area (Å²) in [6.45, 7) is 7.71. The van der Waals surface area contributed by atoms with E-state index >= 15 is 0 Å². The number of aryl methyl sites for hydroxylation is 1. The lowest BCUT2D eigenvalue weighted by Gasteiger charge is -2.31. The van der Waals surface area contributed by atoms with Crippen LogP contribution in [0.2, 0.25) is 0 Å². The van der Waals surface area contributed by atoms with Crippen molar-refractivity contribution in [2.75, 3.05) is 51.8 Å². The molecule has 0 aromatic heterocycles. The Balaban J connectivity index is 1.69. The van der Waals surface area contributed by atoms with E-state index < -0.39 is 0 Å². The quantitative estimate of drug-likeness (QED) is 0.693. The van der Waals surface area contributed by atoms with Gasteiger partial charge in [0.05, 0.1) is 20.3 Å². The smallest absolute Gasteiger partial charge is 0.173 e. The van der Waals surface area contributed by atoms with Crippen molar-refractivity contribution in [2.24, 2.45) is 0 Å². The van der Waals surface area contributed by atoms with E-state index in [1.165, 1.54) is 12.1 Å². The van der Waals surface area contributed by atoms with Crippen LogP contribution in [0, 0.1) is 12.7 Å². The Bertz CT molecular complexity index is 810. The molecule has 3 rings (SSSR count). The fourth-order valence-electron chi connectivity index (χ4n) is 3.25. The Labute approximate surface area is 177 Å². The molecular weight excluding hydrogens is 389 g/mol. The van der Waals surface area contributed by atoms with Crippen molar-refractivity contribution < 1.29 is 13.9 Å². The number of hydrogen-bond donors (Lipinski definition) is 1. The van der Waals surface area contributed by atoms with Crippen LogP contribution in [0.25, 0.3) is 0 Å². The van der Waals surface area contributed by atoms with Gasteiger partial charge in [-0.2, -0.15) is 0 Å². The van der Waals surface area contributed by atoms with Crippen molar-refractivity contribution in [3.8, 4) is 5.75 Å². The molecule has 2 aromatic rings. The molecule has 1 N–H and O–H groups in total. The molecule has 0 saturated carbocycles. The number of hydrogen-bond acceptors (Lipinski definition) is 4. The number of nitrogens with one attached hydrogen (secondary N) is 1. The first kappa shape index (κ1) is 21.5. The lowest BCUT2D eigenvalue weighted by atomic mass is 10.2. The van der Waals surface area contributed by atoms with Crippen LogP contribution in [0.3, 0.4) is 0 Å². The van der Waals surface area contributed by atoms with Gasteiger partial charge < -0.3 is 19.7 Å². The summed E-state index contributed by atoms with van der Waals surface area (Å²) >= 11 is 5.74. The van der Waals surface area contributed by atoms with Crippen LogP contribution in [0.4, 0.5) is 10.1 Å². The average Bonchev–Trinajstić information content (AvgIpc) is 2.74. The molecule has 0 radical (unpaired) electrons. The van der Waals surface area contributed by atoms with Gasteiger partial charge in [-0.1, -0.05) is 12.1 Å². The van der Waals surface area contributed by atoms with Gasteiger partial charge in [0.25, 0.3) is 0 Å². The second-order valence-corrected chi connectivity index (χ2v) is 7.50. The standard InChI is InChI=1S/C22H28FN3O2S/c1-17-15-20(27-2)7-8-21(17)24-22(29)26(10-9-25-11-13-28-14-12-25)16-18-3-5-19(23)6-4-18/h3-8,15H,9-14,16H2,1-2H3,(H,24,29). The van der Waals surface area contributed by atoms with Crippen molar-refractivity contribution in [1.82, 2.24) is 9.80 Å². The number of ether oxygens (including phenoxy) is 2. The van der Waals surface area contributed by atoms with Crippen LogP contribution in [-0.4, -0.2) is 61.4 Å². The van der Waals surface area contributed by atoms with Crippen LogP contribution in [0.5, 0.6) is 5.75 Å². The molecule has 1 fully saturated rings. The summed E-state index contributed by atoms with van der Waals surface area (Å²) in [5.41, 5.74) is 3.02. The molecule has 29 heavy (non-hydrogen) atoms. The summed E-state index contributed by atoms with van der Waals surface area (Å²) in [4.78, 5) is 4.50. The van der Waals surface area contributed by atoms with E-state index in [4.69, 9.17) is 21.7 Å². The molecule has 1 aliphatic heterocycles. The highest BCUT2D eigenvalue weighted by atomic mass is 32.1. The minimum Gasteiger partial charge on any atom is -0.497 e. The first-order valence-corrected chi connectivity index (χ1v) is 10.2. The van der Waals surface area contributed by atoms with Gasteiger partial charge in [-0.05, 0) is 60.6 Å². The molecule has 2 aromatic carbocycles. The lowest BCUT2D eigenvalue weighted by molar-refractivity contribution is 0.0358. The van der Waals surface area contributed by atoms with E-state index in [1.54, 1.807) is 19.2 Å². The zero-order chi connectivity index (χ0) is 20.6. The molecule has 1 heterocycles. The second-order valence-electron chi connectivity index (χ2n) is 7.11. The van der Waals surface area contributed by atoms with Crippen LogP contribution in [0.15, 0.2) is 42.5 Å². The van der Waals surface area contributed by atoms with Crippen LogP contribution in [0.1, 0.15) is 11.1 Å². The molecular formula is C22H28FN3O2S. The normalized spacial score (nSPS) is 14.4. The molecule has 0 spiro atoms. The fraction of sp³-hybridized carbons (Fsp3) is 0.409. The fourth-order valence-corrected chi connectivity index (χ4v) is 3.51. The SMILES string of the molecule is COc1ccc(NC(=S)N(CCN2CCOCC2)Cc2ccc(F)cc2)c(C)c1. The lowest BCUT2D eigenvalue weighted by Crippen LogP contribution is -2.44. The van der Waals surface area contributed by atoms with Crippen molar-refractivity contribution in [3.63, 3.8) is 0 Å². The first-order valence-electron chi connectivity index (χ1n) is 9.80. The summed E-state index contributed by atoms with van der Waals surface area (Å²) < 4.78 is 24.0. The van der Waals surface area contributed by atoms with Crippen molar-refractivity contribution in [1.29, 1.82) is 0 Å². The summed E-state index contributed by atoms with van der Waals surface area (Å²) in [7, 11) is 1.66. The summed E-state index contributed by atoms with van der Waals surface area (Å²) in [6, 6.07) is 12.4. The van der Waals surface area contributed by atoms with E-state index in [1.807, 2.05) is 25.1 Å². The number of nitrogens with zero attached hydrogens (tertiary/aromatic N) is 2. The highest BCUT2D eigenvalue weighted by Gasteiger charge is 2.16. The number of methoxy groups -OCH3 is 1. The van der Waals surface area contributed by atoms with E-state index in [-0.39, 0.29) is 5.82 Å². The Morgan fingerprint density at radius 2 is 1.93 bits per heavy atom. The number of anilines is 1. The molecule has 0 bridgehead atoms. The Morgan fingerprint density at radius 3 is 2.59 bits per heavy atom. The molecule has 1 aliphatic rings. The maximum Gasteiger partial charge on any atom is 0.173 e. The highest BCUT2D eigenvalue weighted by Crippen LogP contribution is 2.22. The van der Waals surface area contributed by atoms with Crippen molar-refractivity contribution in [2.45, 2.75) is 13.5 Å². The van der Waals surface area contributed by atoms with E-state index in [9.17, 15) is 4.39 Å². The molecule has 0 amide bonds. The highest BCUT2D eigenvalue weighted by molar-refractivity contribution is 7.80. The number of halogens is 1. The van der Waals surface area contributed by atoms with Crippen LogP contribution < -0.4 is 10.1 Å². The Morgan fingerprint density at radius 1 is 1.21 bits per heavy atom. The largest absolute Gasteiger partial charge is 0.497 e. The molecule has 0 aliphatic carbocycles. The van der Waals surface area contributed by atoms with Crippen molar-refractivity contribution in [3.05, 3.63) is 59.4 Å². The van der Waals surface area contributed by atoms with Gasteiger partial charge in [0.2, 0.25) is 0 Å². The zero-order valence-electron chi connectivity index (χ0n) is 17.0. The second kappa shape index (κ2) is 10.5. The summed E-state index contributed by atoms with van der Waals surface area (Å²) in [5, 5.41) is 4.01. The van der Waals surface area contributed by atoms with Gasteiger partial charge in [-0.25, -0.2) is 4.39 Å². The maximum absolute atomic E-state index is 13.3. The van der Waals surface area contributed by atoms with E-state index in [2.05, 4.69) is 15.1 Å². The van der Waals surface area contributed by atoms with Gasteiger partial charge in [0.15, 0.2) is 5.11 Å². The van der Waals surface area contributed by atoms with Gasteiger partial charge in [-0.15, -0.1) is 0 Å².